The number of methoxy groups -OCH3 is 1. The molecule has 0 saturated carbocycles. The van der Waals surface area contributed by atoms with E-state index >= 15 is 0 Å². The van der Waals surface area contributed by atoms with E-state index in [1.807, 2.05) is 0 Å². The number of H-pyrrole nitrogens is 1. The van der Waals surface area contributed by atoms with Gasteiger partial charge in [0.2, 0.25) is 0 Å². The number of aromatic nitrogens is 5. The van der Waals surface area contributed by atoms with Crippen molar-refractivity contribution in [2.24, 2.45) is 7.05 Å². The van der Waals surface area contributed by atoms with E-state index in [2.05, 4.69) is 15.1 Å². The van der Waals surface area contributed by atoms with Crippen LogP contribution in [0.15, 0.2) is 40.2 Å². The van der Waals surface area contributed by atoms with Crippen LogP contribution in [0.25, 0.3) is 37.2 Å². The Kier molecular flexibility index (Phi) is 4.64. The van der Waals surface area contributed by atoms with Crippen LogP contribution in [-0.4, -0.2) is 31.4 Å². The molecule has 0 amide bonds. The van der Waals surface area contributed by atoms with Gasteiger partial charge in [-0.25, -0.2) is 13.8 Å². The molecule has 11 heteroatoms. The molecule has 0 saturated heterocycles. The van der Waals surface area contributed by atoms with Crippen LogP contribution >= 0.6 is 22.9 Å². The number of halogens is 2. The Morgan fingerprint density at radius 1 is 1.22 bits per heavy atom. The molecular formula is C21H15ClFN5O3S. The van der Waals surface area contributed by atoms with Crippen molar-refractivity contribution in [3.8, 4) is 21.9 Å². The number of hydrogen-bond donors (Lipinski definition) is 1. The molecule has 0 aliphatic carbocycles. The van der Waals surface area contributed by atoms with Gasteiger partial charge in [0, 0.05) is 17.5 Å². The zero-order chi connectivity index (χ0) is 22.7. The number of aromatic amines is 1. The average molecular weight is 472 g/mol. The van der Waals surface area contributed by atoms with Crippen LogP contribution in [0.5, 0.6) is 5.75 Å². The predicted molar refractivity (Wildman–Crippen MR) is 122 cm³/mol. The van der Waals surface area contributed by atoms with E-state index in [-0.39, 0.29) is 10.8 Å². The highest BCUT2D eigenvalue weighted by molar-refractivity contribution is 7.22. The van der Waals surface area contributed by atoms with Gasteiger partial charge in [-0.15, -0.1) is 11.3 Å². The van der Waals surface area contributed by atoms with Gasteiger partial charge in [0.15, 0.2) is 11.6 Å². The molecule has 4 heterocycles. The summed E-state index contributed by atoms with van der Waals surface area (Å²) in [5.41, 5.74) is 1.46. The van der Waals surface area contributed by atoms with Crippen molar-refractivity contribution in [2.75, 3.05) is 7.11 Å². The average Bonchev–Trinajstić information content (AvgIpc) is 3.29. The topological polar surface area (TPSA) is 94.8 Å². The molecule has 1 N–H and O–H groups in total. The highest BCUT2D eigenvalue weighted by Gasteiger charge is 2.20. The smallest absolute Gasteiger partial charge is 0.333 e. The number of nitrogens with one attached hydrogen (secondary N) is 1. The molecule has 32 heavy (non-hydrogen) atoms. The Labute approximate surface area is 188 Å². The fourth-order valence-corrected chi connectivity index (χ4v) is 5.17. The third-order valence-corrected chi connectivity index (χ3v) is 6.71. The molecule has 4 aromatic heterocycles. The lowest BCUT2D eigenvalue weighted by molar-refractivity contribution is 0.387. The standard InChI is InChI=1S/C21H15ClFN5O3S/c1-9-18-14(27(2)26-9)7-24-8-15(18)28-20(29)19-13(25-21(28)30)6-17(32-19)10-4-16(31-3)12(23)5-11(10)22/h4-8H,1-3H3,(H,25,30). The number of aryl methyl sites for hydroxylation is 2. The molecule has 5 rings (SSSR count). The summed E-state index contributed by atoms with van der Waals surface area (Å²) in [5.74, 6) is -0.567. The van der Waals surface area contributed by atoms with Crippen molar-refractivity contribution in [1.82, 2.24) is 24.3 Å². The van der Waals surface area contributed by atoms with Crippen LogP contribution in [0.2, 0.25) is 5.02 Å². The molecule has 8 nitrogen and oxygen atoms in total. The number of nitrogens with zero attached hydrogens (tertiary/aromatic N) is 4. The van der Waals surface area contributed by atoms with E-state index in [4.69, 9.17) is 16.3 Å². The quantitative estimate of drug-likeness (QED) is 0.432. The number of rotatable bonds is 3. The number of hydrogen-bond acceptors (Lipinski definition) is 6. The summed E-state index contributed by atoms with van der Waals surface area (Å²) in [6.07, 6.45) is 3.10. The summed E-state index contributed by atoms with van der Waals surface area (Å²) in [6.45, 7) is 1.80. The Morgan fingerprint density at radius 3 is 2.75 bits per heavy atom. The second kappa shape index (κ2) is 7.28. The third kappa shape index (κ3) is 2.94. The molecule has 0 bridgehead atoms. The highest BCUT2D eigenvalue weighted by atomic mass is 35.5. The van der Waals surface area contributed by atoms with Crippen molar-refractivity contribution in [1.29, 1.82) is 0 Å². The second-order valence-electron chi connectivity index (χ2n) is 7.15. The van der Waals surface area contributed by atoms with Gasteiger partial charge in [0.25, 0.3) is 5.56 Å². The number of fused-ring (bicyclic) bond motifs is 2. The van der Waals surface area contributed by atoms with Crippen molar-refractivity contribution in [2.45, 2.75) is 6.92 Å². The monoisotopic (exact) mass is 471 g/mol. The zero-order valence-electron chi connectivity index (χ0n) is 17.1. The van der Waals surface area contributed by atoms with Crippen molar-refractivity contribution < 1.29 is 9.13 Å². The van der Waals surface area contributed by atoms with Crippen molar-refractivity contribution >= 4 is 44.1 Å². The first-order chi connectivity index (χ1) is 15.3. The lowest BCUT2D eigenvalue weighted by Crippen LogP contribution is -2.33. The lowest BCUT2D eigenvalue weighted by Gasteiger charge is -2.06. The summed E-state index contributed by atoms with van der Waals surface area (Å²) in [5, 5.41) is 5.20. The Morgan fingerprint density at radius 2 is 2.00 bits per heavy atom. The minimum Gasteiger partial charge on any atom is -0.494 e. The van der Waals surface area contributed by atoms with Gasteiger partial charge in [0.05, 0.1) is 52.3 Å². The first-order valence-corrected chi connectivity index (χ1v) is 10.6. The van der Waals surface area contributed by atoms with Gasteiger partial charge in [-0.3, -0.25) is 14.5 Å². The number of pyridine rings is 1. The van der Waals surface area contributed by atoms with E-state index in [1.165, 1.54) is 19.4 Å². The minimum atomic E-state index is -0.604. The molecule has 0 fully saturated rings. The lowest BCUT2D eigenvalue weighted by atomic mass is 10.1. The van der Waals surface area contributed by atoms with Crippen LogP contribution in [0.3, 0.4) is 0 Å². The first kappa shape index (κ1) is 20.4. The summed E-state index contributed by atoms with van der Waals surface area (Å²) in [7, 11) is 3.12. The third-order valence-electron chi connectivity index (χ3n) is 5.24. The highest BCUT2D eigenvalue weighted by Crippen LogP contribution is 2.38. The number of thiophene rings is 1. The summed E-state index contributed by atoms with van der Waals surface area (Å²) < 4.78 is 22.0. The minimum absolute atomic E-state index is 0.0255. The molecule has 162 valence electrons. The maximum absolute atomic E-state index is 14.0. The Hall–Kier alpha value is -3.50. The molecule has 0 aliphatic rings. The number of benzene rings is 1. The molecule has 0 radical (unpaired) electrons. The summed E-state index contributed by atoms with van der Waals surface area (Å²) in [4.78, 5) is 33.9. The van der Waals surface area contributed by atoms with E-state index in [0.717, 1.165) is 22.0 Å². The first-order valence-electron chi connectivity index (χ1n) is 9.40. The van der Waals surface area contributed by atoms with Gasteiger partial charge in [-0.2, -0.15) is 5.10 Å². The van der Waals surface area contributed by atoms with Gasteiger partial charge in [-0.1, -0.05) is 11.6 Å². The second-order valence-corrected chi connectivity index (χ2v) is 8.61. The van der Waals surface area contributed by atoms with Crippen LogP contribution in [0.1, 0.15) is 5.69 Å². The Balaban J connectivity index is 1.78. The van der Waals surface area contributed by atoms with Crippen LogP contribution in [0.4, 0.5) is 4.39 Å². The molecule has 5 aromatic rings. The fourth-order valence-electron chi connectivity index (χ4n) is 3.79. The maximum atomic E-state index is 14.0. The van der Waals surface area contributed by atoms with Crippen LogP contribution in [-0.2, 0) is 7.05 Å². The fraction of sp³-hybridized carbons (Fsp3) is 0.143. The SMILES string of the molecule is COc1cc(-c2cc3[nH]c(=O)n(-c4cncc5c4c(C)nn5C)c(=O)c3s2)c(Cl)cc1F. The van der Waals surface area contributed by atoms with Gasteiger partial charge in [0.1, 0.15) is 4.70 Å². The molecule has 0 spiro atoms. The van der Waals surface area contributed by atoms with Gasteiger partial charge >= 0.3 is 5.69 Å². The zero-order valence-corrected chi connectivity index (χ0v) is 18.6. The predicted octanol–water partition coefficient (Wildman–Crippen LogP) is 3.80. The molecular weight excluding hydrogens is 457 g/mol. The van der Waals surface area contributed by atoms with Gasteiger partial charge < -0.3 is 9.72 Å². The van der Waals surface area contributed by atoms with Crippen LogP contribution in [0, 0.1) is 12.7 Å². The molecule has 0 aliphatic heterocycles. The van der Waals surface area contributed by atoms with Crippen LogP contribution < -0.4 is 16.0 Å². The van der Waals surface area contributed by atoms with Crippen molar-refractivity contribution in [3.05, 3.63) is 68.0 Å². The van der Waals surface area contributed by atoms with Gasteiger partial charge in [-0.05, 0) is 25.1 Å². The Bertz CT molecular complexity index is 1670. The van der Waals surface area contributed by atoms with E-state index < -0.39 is 17.1 Å². The largest absolute Gasteiger partial charge is 0.494 e. The maximum Gasteiger partial charge on any atom is 0.333 e. The molecule has 1 aromatic carbocycles. The van der Waals surface area contributed by atoms with Crippen molar-refractivity contribution in [3.63, 3.8) is 0 Å². The summed E-state index contributed by atoms with van der Waals surface area (Å²) >= 11 is 7.38. The normalized spacial score (nSPS) is 11.5. The molecule has 0 unspecified atom stereocenters. The number of ether oxygens (including phenoxy) is 1. The summed E-state index contributed by atoms with van der Waals surface area (Å²) in [6, 6.07) is 4.25. The van der Waals surface area contributed by atoms with E-state index in [0.29, 0.717) is 42.9 Å². The van der Waals surface area contributed by atoms with E-state index in [1.54, 1.807) is 30.9 Å². The molecule has 0 atom stereocenters. The van der Waals surface area contributed by atoms with E-state index in [9.17, 15) is 14.0 Å².